The molecule has 3 rings (SSSR count). The highest BCUT2D eigenvalue weighted by Gasteiger charge is 2.11. The predicted octanol–water partition coefficient (Wildman–Crippen LogP) is 4.39. The summed E-state index contributed by atoms with van der Waals surface area (Å²) in [7, 11) is 1.64. The molecule has 0 aliphatic heterocycles. The van der Waals surface area contributed by atoms with Crippen LogP contribution in [0.1, 0.15) is 5.56 Å². The highest BCUT2D eigenvalue weighted by Crippen LogP contribution is 2.30. The SMILES string of the molecule is COc1ccc(CSc2nnc(-c3ccco3)o2)cc1Br. The molecule has 5 nitrogen and oxygen atoms in total. The van der Waals surface area contributed by atoms with Crippen molar-refractivity contribution >= 4 is 27.7 Å². The summed E-state index contributed by atoms with van der Waals surface area (Å²) in [6.07, 6.45) is 1.57. The summed E-state index contributed by atoms with van der Waals surface area (Å²) in [5.41, 5.74) is 1.13. The van der Waals surface area contributed by atoms with Gasteiger partial charge in [-0.1, -0.05) is 17.8 Å². The minimum Gasteiger partial charge on any atom is -0.496 e. The van der Waals surface area contributed by atoms with E-state index in [1.165, 1.54) is 11.8 Å². The van der Waals surface area contributed by atoms with Crippen molar-refractivity contribution in [2.24, 2.45) is 0 Å². The highest BCUT2D eigenvalue weighted by atomic mass is 79.9. The van der Waals surface area contributed by atoms with Crippen molar-refractivity contribution in [2.75, 3.05) is 7.11 Å². The summed E-state index contributed by atoms with van der Waals surface area (Å²) in [5.74, 6) is 2.49. The molecule has 0 amide bonds. The number of halogens is 1. The molecule has 21 heavy (non-hydrogen) atoms. The molecule has 1 aromatic carbocycles. The molecule has 0 atom stereocenters. The predicted molar refractivity (Wildman–Crippen MR) is 82.3 cm³/mol. The highest BCUT2D eigenvalue weighted by molar-refractivity contribution is 9.10. The molecule has 108 valence electrons. The van der Waals surface area contributed by atoms with Crippen LogP contribution in [0.25, 0.3) is 11.7 Å². The maximum absolute atomic E-state index is 5.54. The molecular weight excluding hydrogens is 356 g/mol. The number of nitrogens with zero attached hydrogens (tertiary/aromatic N) is 2. The number of aromatic nitrogens is 2. The fraction of sp³-hybridized carbons (Fsp3) is 0.143. The second-order valence-corrected chi connectivity index (χ2v) is 5.89. The molecule has 7 heteroatoms. The number of hydrogen-bond acceptors (Lipinski definition) is 6. The van der Waals surface area contributed by atoms with Gasteiger partial charge in [0.25, 0.3) is 11.1 Å². The van der Waals surface area contributed by atoms with E-state index in [-0.39, 0.29) is 0 Å². The quantitative estimate of drug-likeness (QED) is 0.623. The summed E-state index contributed by atoms with van der Waals surface area (Å²) < 4.78 is 16.9. The van der Waals surface area contributed by atoms with Crippen LogP contribution in [0.2, 0.25) is 0 Å². The van der Waals surface area contributed by atoms with Crippen molar-refractivity contribution in [3.8, 4) is 17.4 Å². The number of hydrogen-bond donors (Lipinski definition) is 0. The molecular formula is C14H11BrN2O3S. The molecule has 0 spiro atoms. The lowest BCUT2D eigenvalue weighted by molar-refractivity contribution is 0.412. The Balaban J connectivity index is 1.66. The normalized spacial score (nSPS) is 10.8. The second kappa shape index (κ2) is 6.36. The Hall–Kier alpha value is -1.73. The Bertz CT molecular complexity index is 728. The first kappa shape index (κ1) is 14.2. The third-order valence-electron chi connectivity index (χ3n) is 2.72. The summed E-state index contributed by atoms with van der Waals surface area (Å²) in [6.45, 7) is 0. The van der Waals surface area contributed by atoms with E-state index >= 15 is 0 Å². The summed E-state index contributed by atoms with van der Waals surface area (Å²) in [6, 6.07) is 9.49. The molecule has 0 saturated heterocycles. The van der Waals surface area contributed by atoms with E-state index in [4.69, 9.17) is 13.6 Å². The van der Waals surface area contributed by atoms with Crippen LogP contribution in [-0.2, 0) is 5.75 Å². The molecule has 2 aromatic heterocycles. The molecule has 2 heterocycles. The van der Waals surface area contributed by atoms with E-state index in [0.29, 0.717) is 16.9 Å². The summed E-state index contributed by atoms with van der Waals surface area (Å²) >= 11 is 4.94. The van der Waals surface area contributed by atoms with Gasteiger partial charge in [0.05, 0.1) is 17.8 Å². The monoisotopic (exact) mass is 366 g/mol. The third kappa shape index (κ3) is 3.30. The number of methoxy groups -OCH3 is 1. The van der Waals surface area contributed by atoms with Crippen LogP contribution in [0.5, 0.6) is 5.75 Å². The van der Waals surface area contributed by atoms with Gasteiger partial charge in [-0.15, -0.1) is 10.2 Å². The van der Waals surface area contributed by atoms with Crippen molar-refractivity contribution in [1.82, 2.24) is 10.2 Å². The van der Waals surface area contributed by atoms with E-state index in [1.54, 1.807) is 25.5 Å². The van der Waals surface area contributed by atoms with Gasteiger partial charge in [-0.25, -0.2) is 0 Å². The molecule has 0 N–H and O–H groups in total. The Morgan fingerprint density at radius 3 is 2.90 bits per heavy atom. The molecule has 0 unspecified atom stereocenters. The van der Waals surface area contributed by atoms with Gasteiger partial charge in [-0.3, -0.25) is 0 Å². The first-order chi connectivity index (χ1) is 10.3. The fourth-order valence-electron chi connectivity index (χ4n) is 1.71. The molecule has 3 aromatic rings. The number of rotatable bonds is 5. The van der Waals surface area contributed by atoms with Gasteiger partial charge in [0, 0.05) is 5.75 Å². The van der Waals surface area contributed by atoms with Crippen molar-refractivity contribution in [1.29, 1.82) is 0 Å². The van der Waals surface area contributed by atoms with E-state index in [2.05, 4.69) is 26.1 Å². The van der Waals surface area contributed by atoms with Gasteiger partial charge < -0.3 is 13.6 Å². The molecule has 0 saturated carbocycles. The second-order valence-electron chi connectivity index (χ2n) is 4.11. The van der Waals surface area contributed by atoms with Gasteiger partial charge in [0.1, 0.15) is 5.75 Å². The Morgan fingerprint density at radius 2 is 2.19 bits per heavy atom. The molecule has 0 fully saturated rings. The molecule has 0 bridgehead atoms. The average Bonchev–Trinajstić information content (AvgIpc) is 3.16. The minimum absolute atomic E-state index is 0.387. The fourth-order valence-corrected chi connectivity index (χ4v) is 3.01. The van der Waals surface area contributed by atoms with E-state index in [0.717, 1.165) is 21.5 Å². The van der Waals surface area contributed by atoms with Gasteiger partial charge in [0.2, 0.25) is 0 Å². The zero-order valence-corrected chi connectivity index (χ0v) is 13.5. The van der Waals surface area contributed by atoms with Crippen LogP contribution >= 0.6 is 27.7 Å². The van der Waals surface area contributed by atoms with Crippen molar-refractivity contribution in [3.05, 3.63) is 46.6 Å². The van der Waals surface area contributed by atoms with Crippen LogP contribution in [0, 0.1) is 0 Å². The third-order valence-corrected chi connectivity index (χ3v) is 4.23. The first-order valence-corrected chi connectivity index (χ1v) is 7.86. The lowest BCUT2D eigenvalue weighted by atomic mass is 10.2. The molecule has 0 aliphatic carbocycles. The maximum Gasteiger partial charge on any atom is 0.284 e. The Morgan fingerprint density at radius 1 is 1.29 bits per heavy atom. The number of ether oxygens (including phenoxy) is 1. The summed E-state index contributed by atoms with van der Waals surface area (Å²) in [5, 5.41) is 8.46. The Labute approximate surface area is 133 Å². The van der Waals surface area contributed by atoms with Gasteiger partial charge >= 0.3 is 0 Å². The van der Waals surface area contributed by atoms with Crippen LogP contribution in [0.15, 0.2) is 55.1 Å². The van der Waals surface area contributed by atoms with Crippen molar-refractivity contribution in [2.45, 2.75) is 11.0 Å². The van der Waals surface area contributed by atoms with Crippen molar-refractivity contribution < 1.29 is 13.6 Å². The van der Waals surface area contributed by atoms with Gasteiger partial charge in [-0.2, -0.15) is 0 Å². The lowest BCUT2D eigenvalue weighted by Gasteiger charge is -2.04. The summed E-state index contributed by atoms with van der Waals surface area (Å²) in [4.78, 5) is 0. The minimum atomic E-state index is 0.387. The number of furan rings is 1. The Kier molecular flexibility index (Phi) is 4.31. The van der Waals surface area contributed by atoms with Crippen LogP contribution in [0.4, 0.5) is 0 Å². The van der Waals surface area contributed by atoms with Gasteiger partial charge in [-0.05, 0) is 45.8 Å². The lowest BCUT2D eigenvalue weighted by Crippen LogP contribution is -1.86. The number of thioether (sulfide) groups is 1. The molecule has 0 radical (unpaired) electrons. The van der Waals surface area contributed by atoms with Crippen LogP contribution < -0.4 is 4.74 Å². The van der Waals surface area contributed by atoms with E-state index in [1.807, 2.05) is 18.2 Å². The van der Waals surface area contributed by atoms with Crippen LogP contribution in [0.3, 0.4) is 0 Å². The first-order valence-electron chi connectivity index (χ1n) is 6.09. The molecule has 0 aliphatic rings. The van der Waals surface area contributed by atoms with Crippen LogP contribution in [-0.4, -0.2) is 17.3 Å². The van der Waals surface area contributed by atoms with E-state index in [9.17, 15) is 0 Å². The standard InChI is InChI=1S/C14H11BrN2O3S/c1-18-11-5-4-9(7-10(11)15)8-21-14-17-16-13(20-14)12-3-2-6-19-12/h2-7H,8H2,1H3. The maximum atomic E-state index is 5.54. The zero-order valence-electron chi connectivity index (χ0n) is 11.1. The van der Waals surface area contributed by atoms with Gasteiger partial charge in [0.15, 0.2) is 5.76 Å². The van der Waals surface area contributed by atoms with E-state index < -0.39 is 0 Å². The number of benzene rings is 1. The topological polar surface area (TPSA) is 61.3 Å². The largest absolute Gasteiger partial charge is 0.496 e. The zero-order chi connectivity index (χ0) is 14.7. The average molecular weight is 367 g/mol. The van der Waals surface area contributed by atoms with Crippen molar-refractivity contribution in [3.63, 3.8) is 0 Å². The smallest absolute Gasteiger partial charge is 0.284 e.